The van der Waals surface area contributed by atoms with Crippen molar-refractivity contribution in [2.75, 3.05) is 48.3 Å². The predicted molar refractivity (Wildman–Crippen MR) is 155 cm³/mol. The second kappa shape index (κ2) is 10.9. The Morgan fingerprint density at radius 2 is 1.90 bits per heavy atom. The predicted octanol–water partition coefficient (Wildman–Crippen LogP) is 4.49. The van der Waals surface area contributed by atoms with E-state index in [4.69, 9.17) is 4.74 Å². The number of amides is 4. The zero-order valence-electron chi connectivity index (χ0n) is 22.5. The van der Waals surface area contributed by atoms with Gasteiger partial charge >= 0.3 is 6.03 Å². The van der Waals surface area contributed by atoms with Gasteiger partial charge in [-0.15, -0.1) is 0 Å². The van der Waals surface area contributed by atoms with Gasteiger partial charge in [-0.05, 0) is 79.8 Å². The van der Waals surface area contributed by atoms with Crippen molar-refractivity contribution >= 4 is 34.9 Å². The summed E-state index contributed by atoms with van der Waals surface area (Å²) < 4.78 is 6.26. The molecule has 1 unspecified atom stereocenters. The normalized spacial score (nSPS) is 17.9. The summed E-state index contributed by atoms with van der Waals surface area (Å²) >= 11 is 0. The van der Waals surface area contributed by atoms with Crippen LogP contribution < -0.4 is 25.6 Å². The Morgan fingerprint density at radius 3 is 2.75 bits per heavy atom. The first-order valence-corrected chi connectivity index (χ1v) is 13.9. The van der Waals surface area contributed by atoms with Crippen LogP contribution in [0.3, 0.4) is 0 Å². The number of carbonyl (C=O) groups is 3. The van der Waals surface area contributed by atoms with E-state index in [-0.39, 0.29) is 37.0 Å². The lowest BCUT2D eigenvalue weighted by atomic mass is 9.99. The number of rotatable bonds is 7. The van der Waals surface area contributed by atoms with Crippen molar-refractivity contribution in [2.45, 2.75) is 32.2 Å². The summed E-state index contributed by atoms with van der Waals surface area (Å²) in [6, 6.07) is 19.7. The van der Waals surface area contributed by atoms with Gasteiger partial charge < -0.3 is 25.6 Å². The number of benzene rings is 3. The van der Waals surface area contributed by atoms with Crippen LogP contribution in [0.1, 0.15) is 35.7 Å². The zero-order valence-corrected chi connectivity index (χ0v) is 22.5. The van der Waals surface area contributed by atoms with Crippen LogP contribution in [0.15, 0.2) is 60.7 Å². The minimum Gasteiger partial charge on any atom is -0.493 e. The molecule has 3 aliphatic rings. The number of carbonyl (C=O) groups excluding carboxylic acids is 3. The van der Waals surface area contributed by atoms with E-state index >= 15 is 0 Å². The number of fused-ring (bicyclic) bond motifs is 2. The van der Waals surface area contributed by atoms with Gasteiger partial charge in [0.25, 0.3) is 5.91 Å². The molecule has 0 radical (unpaired) electrons. The Balaban J connectivity index is 1.28. The van der Waals surface area contributed by atoms with E-state index in [0.29, 0.717) is 30.9 Å². The number of para-hydroxylation sites is 2. The molecule has 1 fully saturated rings. The van der Waals surface area contributed by atoms with Crippen molar-refractivity contribution in [1.29, 1.82) is 0 Å². The monoisotopic (exact) mass is 539 g/mol. The molecule has 3 heterocycles. The molecule has 0 aromatic heterocycles. The molecule has 4 amide bonds. The van der Waals surface area contributed by atoms with E-state index in [1.807, 2.05) is 47.4 Å². The van der Waals surface area contributed by atoms with E-state index in [2.05, 4.69) is 41.1 Å². The lowest BCUT2D eigenvalue weighted by molar-refractivity contribution is -0.125. The molecule has 9 nitrogen and oxygen atoms in total. The highest BCUT2D eigenvalue weighted by Crippen LogP contribution is 2.36. The van der Waals surface area contributed by atoms with E-state index in [0.717, 1.165) is 47.6 Å². The molecule has 0 aliphatic carbocycles. The van der Waals surface area contributed by atoms with Gasteiger partial charge in [0.15, 0.2) is 0 Å². The third-order valence-electron chi connectivity index (χ3n) is 7.70. The Kier molecular flexibility index (Phi) is 7.02. The number of ether oxygens (including phenoxy) is 1. The van der Waals surface area contributed by atoms with Crippen molar-refractivity contribution < 1.29 is 19.1 Å². The van der Waals surface area contributed by atoms with Gasteiger partial charge in [0, 0.05) is 42.5 Å². The summed E-state index contributed by atoms with van der Waals surface area (Å²) in [6.07, 6.45) is 2.27. The topological polar surface area (TPSA) is 103 Å². The number of anilines is 3. The van der Waals surface area contributed by atoms with E-state index < -0.39 is 0 Å². The van der Waals surface area contributed by atoms with Gasteiger partial charge in [-0.3, -0.25) is 14.5 Å². The maximum absolute atomic E-state index is 13.9. The standard InChI is InChI=1S/C31H33N5O4/c1-20-12-15-35(27-6-3-2-5-26(27)34-20)30(38)23-7-9-24(21-8-10-25-22(17-21)11-13-32-25)28(18-23)40-16-4-14-36-29(37)19-33-31(36)39/h2-3,5-10,17-18,20,32,34H,4,11-16,19H2,1H3,(H,33,39). The molecule has 0 spiro atoms. The van der Waals surface area contributed by atoms with Crippen LogP contribution in [0.25, 0.3) is 11.1 Å². The van der Waals surface area contributed by atoms with Crippen molar-refractivity contribution in [3.63, 3.8) is 0 Å². The van der Waals surface area contributed by atoms with Gasteiger partial charge in [-0.1, -0.05) is 18.2 Å². The zero-order chi connectivity index (χ0) is 27.6. The molecule has 3 aromatic rings. The first-order valence-electron chi connectivity index (χ1n) is 13.9. The van der Waals surface area contributed by atoms with Crippen LogP contribution in [-0.4, -0.2) is 61.6 Å². The van der Waals surface area contributed by atoms with Crippen LogP contribution in [0.4, 0.5) is 21.9 Å². The largest absolute Gasteiger partial charge is 0.493 e. The average Bonchev–Trinajstić information content (AvgIpc) is 3.52. The summed E-state index contributed by atoms with van der Waals surface area (Å²) in [5.74, 6) is 0.285. The van der Waals surface area contributed by atoms with E-state index in [1.54, 1.807) is 0 Å². The molecule has 0 bridgehead atoms. The van der Waals surface area contributed by atoms with Gasteiger partial charge in [-0.2, -0.15) is 0 Å². The summed E-state index contributed by atoms with van der Waals surface area (Å²) in [7, 11) is 0. The van der Waals surface area contributed by atoms with Crippen LogP contribution in [0.2, 0.25) is 0 Å². The number of nitrogens with zero attached hydrogens (tertiary/aromatic N) is 2. The molecule has 0 saturated carbocycles. The van der Waals surface area contributed by atoms with Crippen molar-refractivity contribution in [3.8, 4) is 16.9 Å². The molecular weight excluding hydrogens is 506 g/mol. The van der Waals surface area contributed by atoms with Gasteiger partial charge in [0.2, 0.25) is 5.91 Å². The Morgan fingerprint density at radius 1 is 1.02 bits per heavy atom. The van der Waals surface area contributed by atoms with E-state index in [1.165, 1.54) is 10.5 Å². The molecule has 3 aromatic carbocycles. The minimum absolute atomic E-state index is 0.0368. The van der Waals surface area contributed by atoms with Gasteiger partial charge in [0.1, 0.15) is 5.75 Å². The van der Waals surface area contributed by atoms with Gasteiger partial charge in [-0.25, -0.2) is 4.79 Å². The van der Waals surface area contributed by atoms with Crippen molar-refractivity contribution in [2.24, 2.45) is 0 Å². The van der Waals surface area contributed by atoms with Crippen molar-refractivity contribution in [1.82, 2.24) is 10.2 Å². The van der Waals surface area contributed by atoms with Crippen molar-refractivity contribution in [3.05, 3.63) is 71.8 Å². The Labute approximate surface area is 233 Å². The number of nitrogens with one attached hydrogen (secondary N) is 3. The fourth-order valence-electron chi connectivity index (χ4n) is 5.55. The quantitative estimate of drug-likeness (QED) is 0.302. The maximum Gasteiger partial charge on any atom is 0.324 e. The van der Waals surface area contributed by atoms with Crippen LogP contribution in [0, 0.1) is 0 Å². The number of urea groups is 1. The highest BCUT2D eigenvalue weighted by Gasteiger charge is 2.28. The lowest BCUT2D eigenvalue weighted by Crippen LogP contribution is -2.32. The van der Waals surface area contributed by atoms with Gasteiger partial charge in [0.05, 0.1) is 24.5 Å². The molecule has 3 N–H and O–H groups in total. The summed E-state index contributed by atoms with van der Waals surface area (Å²) in [5.41, 5.74) is 6.67. The highest BCUT2D eigenvalue weighted by molar-refractivity contribution is 6.08. The molecular formula is C31H33N5O4. The Bertz CT molecular complexity index is 1460. The molecule has 1 saturated heterocycles. The lowest BCUT2D eigenvalue weighted by Gasteiger charge is -2.23. The number of hydrogen-bond acceptors (Lipinski definition) is 6. The highest BCUT2D eigenvalue weighted by atomic mass is 16.5. The first-order chi connectivity index (χ1) is 19.5. The fourth-order valence-corrected chi connectivity index (χ4v) is 5.55. The van der Waals surface area contributed by atoms with Crippen LogP contribution >= 0.6 is 0 Å². The molecule has 9 heteroatoms. The SMILES string of the molecule is CC1CCN(C(=O)c2ccc(-c3ccc4c(c3)CCN4)c(OCCCN3C(=O)CNC3=O)c2)c2ccccc2N1. The number of hydrogen-bond donors (Lipinski definition) is 3. The summed E-state index contributed by atoms with van der Waals surface area (Å²) in [4.78, 5) is 40.8. The number of imide groups is 1. The summed E-state index contributed by atoms with van der Waals surface area (Å²) in [6.45, 7) is 4.25. The second-order valence-electron chi connectivity index (χ2n) is 10.5. The maximum atomic E-state index is 13.9. The van der Waals surface area contributed by atoms with E-state index in [9.17, 15) is 14.4 Å². The summed E-state index contributed by atoms with van der Waals surface area (Å²) in [5, 5.41) is 9.44. The third-order valence-corrected chi connectivity index (χ3v) is 7.70. The molecule has 1 atom stereocenters. The minimum atomic E-state index is -0.369. The fraction of sp³-hybridized carbons (Fsp3) is 0.323. The van der Waals surface area contributed by atoms with Crippen LogP contribution in [-0.2, 0) is 11.2 Å². The molecule has 206 valence electrons. The average molecular weight is 540 g/mol. The van der Waals surface area contributed by atoms with Crippen LogP contribution in [0.5, 0.6) is 5.75 Å². The third kappa shape index (κ3) is 5.06. The molecule has 40 heavy (non-hydrogen) atoms. The Hall–Kier alpha value is -4.53. The molecule has 6 rings (SSSR count). The first kappa shape index (κ1) is 25.7. The molecule has 3 aliphatic heterocycles. The smallest absolute Gasteiger partial charge is 0.324 e. The second-order valence-corrected chi connectivity index (χ2v) is 10.5.